The number of rotatable bonds is 4. The Hall–Kier alpha value is -1.49. The molecule has 3 nitrogen and oxygen atoms in total. The first-order valence-corrected chi connectivity index (χ1v) is 6.99. The molecule has 5 heteroatoms. The molecule has 1 fully saturated rings. The lowest BCUT2D eigenvalue weighted by Gasteiger charge is -2.26. The van der Waals surface area contributed by atoms with E-state index >= 15 is 0 Å². The van der Waals surface area contributed by atoms with E-state index in [0.29, 0.717) is 24.6 Å². The molecule has 0 saturated carbocycles. The van der Waals surface area contributed by atoms with Crippen LogP contribution >= 0.6 is 0 Å². The van der Waals surface area contributed by atoms with Crippen molar-refractivity contribution in [3.8, 4) is 0 Å². The van der Waals surface area contributed by atoms with E-state index in [9.17, 15) is 13.6 Å². The van der Waals surface area contributed by atoms with Gasteiger partial charge in [-0.1, -0.05) is 13.0 Å². The number of benzene rings is 1. The third-order valence-electron chi connectivity index (χ3n) is 3.85. The predicted octanol–water partition coefficient (Wildman–Crippen LogP) is 2.31. The minimum absolute atomic E-state index is 0.0298. The highest BCUT2D eigenvalue weighted by Gasteiger charge is 2.32. The molecule has 0 spiro atoms. The average molecular weight is 282 g/mol. The molecule has 20 heavy (non-hydrogen) atoms. The highest BCUT2D eigenvalue weighted by atomic mass is 19.2. The lowest BCUT2D eigenvalue weighted by molar-refractivity contribution is -0.134. The Morgan fingerprint density at radius 1 is 1.40 bits per heavy atom. The zero-order valence-electron chi connectivity index (χ0n) is 11.8. The summed E-state index contributed by atoms with van der Waals surface area (Å²) in [6.07, 6.45) is 0.985. The van der Waals surface area contributed by atoms with Crippen LogP contribution in [0.4, 0.5) is 8.78 Å². The van der Waals surface area contributed by atoms with Crippen molar-refractivity contribution in [3.63, 3.8) is 0 Å². The first-order chi connectivity index (χ1) is 9.52. The van der Waals surface area contributed by atoms with Crippen molar-refractivity contribution in [2.75, 3.05) is 13.1 Å². The van der Waals surface area contributed by atoms with Crippen molar-refractivity contribution in [2.45, 2.75) is 32.9 Å². The molecule has 0 aliphatic carbocycles. The molecule has 2 rings (SSSR count). The zero-order chi connectivity index (χ0) is 14.7. The summed E-state index contributed by atoms with van der Waals surface area (Å²) in [5.74, 6) is -1.41. The van der Waals surface area contributed by atoms with Gasteiger partial charge in [-0.25, -0.2) is 8.78 Å². The summed E-state index contributed by atoms with van der Waals surface area (Å²) in [4.78, 5) is 14.1. The molecular weight excluding hydrogens is 262 g/mol. The monoisotopic (exact) mass is 282 g/mol. The number of likely N-dealkylation sites (N-methyl/N-ethyl adjacent to an activating group) is 1. The van der Waals surface area contributed by atoms with Gasteiger partial charge in [-0.05, 0) is 43.5 Å². The lowest BCUT2D eigenvalue weighted by atomic mass is 10.0. The van der Waals surface area contributed by atoms with Crippen LogP contribution in [0, 0.1) is 17.6 Å². The van der Waals surface area contributed by atoms with Crippen LogP contribution in [0.25, 0.3) is 0 Å². The van der Waals surface area contributed by atoms with E-state index in [1.165, 1.54) is 6.07 Å². The molecule has 1 N–H and O–H groups in total. The number of amides is 1. The number of nitrogens with one attached hydrogen (secondary N) is 1. The third kappa shape index (κ3) is 3.15. The Morgan fingerprint density at radius 2 is 2.15 bits per heavy atom. The first kappa shape index (κ1) is 14.9. The van der Waals surface area contributed by atoms with Gasteiger partial charge in [0.15, 0.2) is 11.6 Å². The van der Waals surface area contributed by atoms with Gasteiger partial charge in [0.25, 0.3) is 0 Å². The maximum absolute atomic E-state index is 13.2. The molecule has 0 radical (unpaired) electrons. The van der Waals surface area contributed by atoms with Crippen molar-refractivity contribution in [1.82, 2.24) is 10.2 Å². The molecule has 0 bridgehead atoms. The van der Waals surface area contributed by atoms with Crippen molar-refractivity contribution in [2.24, 2.45) is 5.92 Å². The second-order valence-corrected chi connectivity index (χ2v) is 5.30. The molecule has 1 aromatic rings. The van der Waals surface area contributed by atoms with E-state index in [-0.39, 0.29) is 11.9 Å². The molecule has 1 heterocycles. The van der Waals surface area contributed by atoms with Gasteiger partial charge in [0.1, 0.15) is 0 Å². The highest BCUT2D eigenvalue weighted by molar-refractivity contribution is 5.82. The summed E-state index contributed by atoms with van der Waals surface area (Å²) in [5, 5.41) is 3.20. The van der Waals surface area contributed by atoms with E-state index in [1.54, 1.807) is 4.90 Å². The van der Waals surface area contributed by atoms with Crippen LogP contribution in [0.1, 0.15) is 25.8 Å². The minimum atomic E-state index is -0.877. The SMILES string of the molecule is CCN(Cc1ccc(F)c(F)c1)C(=O)C1NCCC1C. The van der Waals surface area contributed by atoms with Gasteiger partial charge < -0.3 is 10.2 Å². The van der Waals surface area contributed by atoms with E-state index in [0.717, 1.165) is 25.1 Å². The van der Waals surface area contributed by atoms with Crippen molar-refractivity contribution < 1.29 is 13.6 Å². The predicted molar refractivity (Wildman–Crippen MR) is 73.0 cm³/mol. The Bertz CT molecular complexity index is 493. The van der Waals surface area contributed by atoms with Crippen LogP contribution in [0.5, 0.6) is 0 Å². The van der Waals surface area contributed by atoms with Crippen molar-refractivity contribution in [3.05, 3.63) is 35.4 Å². The molecule has 2 unspecified atom stereocenters. The van der Waals surface area contributed by atoms with Gasteiger partial charge in [-0.2, -0.15) is 0 Å². The lowest BCUT2D eigenvalue weighted by Crippen LogP contribution is -2.45. The molecule has 1 saturated heterocycles. The molecule has 1 aliphatic rings. The largest absolute Gasteiger partial charge is 0.337 e. The fourth-order valence-electron chi connectivity index (χ4n) is 2.57. The standard InChI is InChI=1S/C15H20F2N2O/c1-3-19(15(20)14-10(2)6-7-18-14)9-11-4-5-12(16)13(17)8-11/h4-5,8,10,14,18H,3,6-7,9H2,1-2H3. The van der Waals surface area contributed by atoms with Gasteiger partial charge in [-0.15, -0.1) is 0 Å². The number of hydrogen-bond acceptors (Lipinski definition) is 2. The first-order valence-electron chi connectivity index (χ1n) is 6.99. The topological polar surface area (TPSA) is 32.3 Å². The Labute approximate surface area is 118 Å². The van der Waals surface area contributed by atoms with Crippen LogP contribution < -0.4 is 5.32 Å². The van der Waals surface area contributed by atoms with Gasteiger partial charge >= 0.3 is 0 Å². The maximum atomic E-state index is 13.2. The molecule has 1 amide bonds. The Balaban J connectivity index is 2.08. The Morgan fingerprint density at radius 3 is 2.70 bits per heavy atom. The normalized spacial score (nSPS) is 22.0. The Kier molecular flexibility index (Phi) is 4.70. The maximum Gasteiger partial charge on any atom is 0.240 e. The van der Waals surface area contributed by atoms with Crippen molar-refractivity contribution in [1.29, 1.82) is 0 Å². The van der Waals surface area contributed by atoms with Gasteiger partial charge in [0, 0.05) is 13.1 Å². The van der Waals surface area contributed by atoms with Crippen LogP contribution in [-0.4, -0.2) is 29.9 Å². The molecule has 110 valence electrons. The molecule has 1 aliphatic heterocycles. The summed E-state index contributed by atoms with van der Waals surface area (Å²) in [6, 6.07) is 3.59. The molecular formula is C15H20F2N2O. The summed E-state index contributed by atoms with van der Waals surface area (Å²) in [6.45, 7) is 5.63. The van der Waals surface area contributed by atoms with Gasteiger partial charge in [0.05, 0.1) is 6.04 Å². The number of carbonyl (C=O) groups is 1. The fourth-order valence-corrected chi connectivity index (χ4v) is 2.57. The zero-order valence-corrected chi connectivity index (χ0v) is 11.8. The number of carbonyl (C=O) groups excluding carboxylic acids is 1. The van der Waals surface area contributed by atoms with Crippen LogP contribution in [-0.2, 0) is 11.3 Å². The quantitative estimate of drug-likeness (QED) is 0.919. The van der Waals surface area contributed by atoms with E-state index < -0.39 is 11.6 Å². The van der Waals surface area contributed by atoms with E-state index in [2.05, 4.69) is 5.32 Å². The molecule has 0 aromatic heterocycles. The second-order valence-electron chi connectivity index (χ2n) is 5.30. The second kappa shape index (κ2) is 6.31. The smallest absolute Gasteiger partial charge is 0.240 e. The van der Waals surface area contributed by atoms with E-state index in [4.69, 9.17) is 0 Å². The van der Waals surface area contributed by atoms with Gasteiger partial charge in [-0.3, -0.25) is 4.79 Å². The third-order valence-corrected chi connectivity index (χ3v) is 3.85. The summed E-state index contributed by atoms with van der Waals surface area (Å²) < 4.78 is 26.1. The van der Waals surface area contributed by atoms with Crippen LogP contribution in [0.15, 0.2) is 18.2 Å². The fraction of sp³-hybridized carbons (Fsp3) is 0.533. The highest BCUT2D eigenvalue weighted by Crippen LogP contribution is 2.18. The van der Waals surface area contributed by atoms with Crippen LogP contribution in [0.2, 0.25) is 0 Å². The van der Waals surface area contributed by atoms with Crippen LogP contribution in [0.3, 0.4) is 0 Å². The average Bonchev–Trinajstić information content (AvgIpc) is 2.85. The summed E-state index contributed by atoms with van der Waals surface area (Å²) >= 11 is 0. The number of halogens is 2. The van der Waals surface area contributed by atoms with Crippen molar-refractivity contribution >= 4 is 5.91 Å². The van der Waals surface area contributed by atoms with E-state index in [1.807, 2.05) is 13.8 Å². The number of hydrogen-bond donors (Lipinski definition) is 1. The number of nitrogens with zero attached hydrogens (tertiary/aromatic N) is 1. The minimum Gasteiger partial charge on any atom is -0.337 e. The molecule has 2 atom stereocenters. The summed E-state index contributed by atoms with van der Waals surface area (Å²) in [7, 11) is 0. The molecule has 1 aromatic carbocycles. The summed E-state index contributed by atoms with van der Waals surface area (Å²) in [5.41, 5.74) is 0.602. The van der Waals surface area contributed by atoms with Gasteiger partial charge in [0.2, 0.25) is 5.91 Å².